The summed E-state index contributed by atoms with van der Waals surface area (Å²) in [4.78, 5) is 14.1. The summed E-state index contributed by atoms with van der Waals surface area (Å²) in [5.74, 6) is 0.715. The first-order chi connectivity index (χ1) is 16.7. The van der Waals surface area contributed by atoms with Crippen LogP contribution in [0.4, 0.5) is 5.69 Å². The Hall–Kier alpha value is -2.68. The summed E-state index contributed by atoms with van der Waals surface area (Å²) in [6.07, 6.45) is 0.746. The van der Waals surface area contributed by atoms with Crippen LogP contribution in [0.2, 0.25) is 5.02 Å². The largest absolute Gasteiger partial charge is 0.495 e. The van der Waals surface area contributed by atoms with Crippen molar-refractivity contribution in [2.75, 3.05) is 30.3 Å². The van der Waals surface area contributed by atoms with Crippen molar-refractivity contribution >= 4 is 45.0 Å². The lowest BCUT2D eigenvalue weighted by atomic mass is 10.2. The lowest BCUT2D eigenvalue weighted by Gasteiger charge is -2.26. The number of carbonyl (C=O) groups excluding carboxylic acids is 1. The smallest absolute Gasteiger partial charge is 0.264 e. The molecule has 6 nitrogen and oxygen atoms in total. The molecule has 0 radical (unpaired) electrons. The molecule has 0 fully saturated rings. The second kappa shape index (κ2) is 12.3. The van der Waals surface area contributed by atoms with Gasteiger partial charge in [-0.3, -0.25) is 9.10 Å². The van der Waals surface area contributed by atoms with E-state index < -0.39 is 22.5 Å². The summed E-state index contributed by atoms with van der Waals surface area (Å²) < 4.78 is 33.5. The molecule has 0 atom stereocenters. The Morgan fingerprint density at radius 2 is 1.63 bits per heavy atom. The number of carbonyl (C=O) groups is 1. The van der Waals surface area contributed by atoms with Crippen molar-refractivity contribution in [2.24, 2.45) is 0 Å². The predicted molar refractivity (Wildman–Crippen MR) is 143 cm³/mol. The molecule has 0 saturated carbocycles. The van der Waals surface area contributed by atoms with Crippen molar-refractivity contribution in [3.63, 3.8) is 0 Å². The number of anilines is 1. The highest BCUT2D eigenvalue weighted by Crippen LogP contribution is 2.34. The van der Waals surface area contributed by atoms with E-state index in [1.807, 2.05) is 13.8 Å². The zero-order valence-corrected chi connectivity index (χ0v) is 22.3. The molecule has 0 bridgehead atoms. The normalized spacial score (nSPS) is 11.2. The number of rotatable bonds is 11. The summed E-state index contributed by atoms with van der Waals surface area (Å²) >= 11 is 7.88. The van der Waals surface area contributed by atoms with Crippen LogP contribution in [-0.4, -0.2) is 40.3 Å². The van der Waals surface area contributed by atoms with Gasteiger partial charge >= 0.3 is 0 Å². The van der Waals surface area contributed by atoms with Crippen molar-refractivity contribution in [3.05, 3.63) is 82.9 Å². The molecule has 35 heavy (non-hydrogen) atoms. The summed E-state index contributed by atoms with van der Waals surface area (Å²) in [7, 11) is -2.62. The van der Waals surface area contributed by atoms with Crippen LogP contribution < -0.4 is 14.4 Å². The number of halogens is 1. The number of benzene rings is 3. The zero-order valence-electron chi connectivity index (χ0n) is 20.0. The highest BCUT2D eigenvalue weighted by Gasteiger charge is 2.29. The van der Waals surface area contributed by atoms with E-state index >= 15 is 0 Å². The van der Waals surface area contributed by atoms with E-state index in [4.69, 9.17) is 16.3 Å². The van der Waals surface area contributed by atoms with Gasteiger partial charge in [-0.25, -0.2) is 8.42 Å². The van der Waals surface area contributed by atoms with Crippen LogP contribution >= 0.6 is 23.4 Å². The maximum absolute atomic E-state index is 13.6. The average molecular weight is 533 g/mol. The molecule has 0 heterocycles. The van der Waals surface area contributed by atoms with Crippen molar-refractivity contribution in [1.82, 2.24) is 5.32 Å². The van der Waals surface area contributed by atoms with Gasteiger partial charge in [-0.2, -0.15) is 0 Å². The van der Waals surface area contributed by atoms with E-state index in [0.29, 0.717) is 17.3 Å². The molecule has 186 valence electrons. The van der Waals surface area contributed by atoms with Gasteiger partial charge in [0.2, 0.25) is 5.91 Å². The fourth-order valence-electron chi connectivity index (χ4n) is 3.31. The van der Waals surface area contributed by atoms with Crippen molar-refractivity contribution in [2.45, 2.75) is 30.1 Å². The Balaban J connectivity index is 1.72. The molecule has 3 aromatic carbocycles. The second-order valence-corrected chi connectivity index (χ2v) is 11.5. The third kappa shape index (κ3) is 7.40. The highest BCUT2D eigenvalue weighted by atomic mass is 35.5. The standard InChI is InChI=1S/C26H29ClN2O4S2/c1-19-5-10-22(11-6-19)34-16-4-15-28-26(30)18-29(24-17-21(27)9-14-25(24)33-3)35(31,32)23-12-7-20(2)8-13-23/h5-14,17H,4,15-16,18H2,1-3H3,(H,28,30). The van der Waals surface area contributed by atoms with E-state index in [-0.39, 0.29) is 10.6 Å². The van der Waals surface area contributed by atoms with Crippen LogP contribution in [0.5, 0.6) is 5.75 Å². The topological polar surface area (TPSA) is 75.7 Å². The number of aryl methyl sites for hydroxylation is 2. The molecule has 1 amide bonds. The van der Waals surface area contributed by atoms with Crippen molar-refractivity contribution in [3.8, 4) is 5.75 Å². The number of ether oxygens (including phenoxy) is 1. The summed E-state index contributed by atoms with van der Waals surface area (Å²) in [5.41, 5.74) is 2.34. The molecule has 0 aliphatic heterocycles. The van der Waals surface area contributed by atoms with E-state index in [0.717, 1.165) is 22.0 Å². The molecule has 0 aliphatic carbocycles. The van der Waals surface area contributed by atoms with Gasteiger partial charge in [0.15, 0.2) is 0 Å². The molecular formula is C26H29ClN2O4S2. The average Bonchev–Trinajstić information content (AvgIpc) is 2.83. The molecular weight excluding hydrogens is 504 g/mol. The molecule has 1 N–H and O–H groups in total. The Morgan fingerprint density at radius 1 is 1.00 bits per heavy atom. The first-order valence-electron chi connectivity index (χ1n) is 11.1. The third-order valence-corrected chi connectivity index (χ3v) is 8.35. The first-order valence-corrected chi connectivity index (χ1v) is 13.9. The number of sulfonamides is 1. The highest BCUT2D eigenvalue weighted by molar-refractivity contribution is 7.99. The molecule has 0 spiro atoms. The lowest BCUT2D eigenvalue weighted by molar-refractivity contribution is -0.119. The second-order valence-electron chi connectivity index (χ2n) is 8.01. The Labute approximate surface area is 216 Å². The molecule has 0 aliphatic rings. The Morgan fingerprint density at radius 3 is 2.26 bits per heavy atom. The fourth-order valence-corrected chi connectivity index (χ4v) is 5.75. The van der Waals surface area contributed by atoms with Crippen molar-refractivity contribution in [1.29, 1.82) is 0 Å². The number of amides is 1. The van der Waals surface area contributed by atoms with Crippen LogP contribution in [0.25, 0.3) is 0 Å². The SMILES string of the molecule is COc1ccc(Cl)cc1N(CC(=O)NCCCSc1ccc(C)cc1)S(=O)(=O)c1ccc(C)cc1. The molecule has 0 aromatic heterocycles. The van der Waals surface area contributed by atoms with E-state index in [2.05, 4.69) is 29.6 Å². The van der Waals surface area contributed by atoms with Crippen LogP contribution in [0.3, 0.4) is 0 Å². The van der Waals surface area contributed by atoms with Gasteiger partial charge in [-0.1, -0.05) is 47.0 Å². The van der Waals surface area contributed by atoms with Crippen LogP contribution in [0, 0.1) is 13.8 Å². The van der Waals surface area contributed by atoms with E-state index in [1.54, 1.807) is 36.0 Å². The predicted octanol–water partition coefficient (Wildman–Crippen LogP) is 5.46. The zero-order chi connectivity index (χ0) is 25.4. The summed E-state index contributed by atoms with van der Waals surface area (Å²) in [6, 6.07) is 19.4. The lowest BCUT2D eigenvalue weighted by Crippen LogP contribution is -2.41. The molecule has 3 rings (SSSR count). The number of hydrogen-bond acceptors (Lipinski definition) is 5. The number of hydrogen-bond donors (Lipinski definition) is 1. The third-order valence-electron chi connectivity index (χ3n) is 5.24. The number of methoxy groups -OCH3 is 1. The summed E-state index contributed by atoms with van der Waals surface area (Å²) in [5, 5.41) is 3.16. The fraction of sp³-hybridized carbons (Fsp3) is 0.269. The number of nitrogens with zero attached hydrogens (tertiary/aromatic N) is 1. The van der Waals surface area contributed by atoms with Gasteiger partial charge in [0.05, 0.1) is 17.7 Å². The number of thioether (sulfide) groups is 1. The molecule has 0 unspecified atom stereocenters. The van der Waals surface area contributed by atoms with E-state index in [1.165, 1.54) is 35.8 Å². The maximum Gasteiger partial charge on any atom is 0.264 e. The molecule has 9 heteroatoms. The number of nitrogens with one attached hydrogen (secondary N) is 1. The minimum atomic E-state index is -4.06. The minimum Gasteiger partial charge on any atom is -0.495 e. The van der Waals surface area contributed by atoms with Gasteiger partial charge in [0.25, 0.3) is 10.0 Å². The van der Waals surface area contributed by atoms with Gasteiger partial charge in [-0.15, -0.1) is 11.8 Å². The van der Waals surface area contributed by atoms with Crippen LogP contribution in [0.1, 0.15) is 17.5 Å². The van der Waals surface area contributed by atoms with Gasteiger partial charge in [0.1, 0.15) is 12.3 Å². The maximum atomic E-state index is 13.6. The van der Waals surface area contributed by atoms with Crippen molar-refractivity contribution < 1.29 is 17.9 Å². The summed E-state index contributed by atoms with van der Waals surface area (Å²) in [6.45, 7) is 3.95. The first kappa shape index (κ1) is 26.9. The Bertz CT molecular complexity index is 1250. The molecule has 0 saturated heterocycles. The van der Waals surface area contributed by atoms with Gasteiger partial charge < -0.3 is 10.1 Å². The quantitative estimate of drug-likeness (QED) is 0.262. The van der Waals surface area contributed by atoms with Gasteiger partial charge in [-0.05, 0) is 68.5 Å². The van der Waals surface area contributed by atoms with Crippen LogP contribution in [-0.2, 0) is 14.8 Å². The monoisotopic (exact) mass is 532 g/mol. The Kier molecular flexibility index (Phi) is 9.48. The van der Waals surface area contributed by atoms with E-state index in [9.17, 15) is 13.2 Å². The van der Waals surface area contributed by atoms with Gasteiger partial charge in [0, 0.05) is 16.5 Å². The van der Waals surface area contributed by atoms with Crippen LogP contribution in [0.15, 0.2) is 76.5 Å². The minimum absolute atomic E-state index is 0.0763. The molecule has 3 aromatic rings.